The number of hydrogen-bond acceptors (Lipinski definition) is 3. The number of H-pyrrole nitrogens is 1. The molecule has 3 rings (SSSR count). The third-order valence-electron chi connectivity index (χ3n) is 3.18. The molecule has 0 spiro atoms. The van der Waals surface area contributed by atoms with Gasteiger partial charge >= 0.3 is 0 Å². The minimum atomic E-state index is 0.667. The Bertz CT molecular complexity index is 687. The first-order valence-corrected chi connectivity index (χ1v) is 6.47. The smallest absolute Gasteiger partial charge is 0.128 e. The number of hydrogen-bond donors (Lipinski definition) is 2. The zero-order valence-electron chi connectivity index (χ0n) is 10.6. The van der Waals surface area contributed by atoms with Gasteiger partial charge in [0, 0.05) is 35.3 Å². The molecular formula is C15H16N4. The summed E-state index contributed by atoms with van der Waals surface area (Å²) in [5.74, 6) is 0.855. The molecule has 4 heteroatoms. The predicted octanol–water partition coefficient (Wildman–Crippen LogP) is 2.52. The van der Waals surface area contributed by atoms with Crippen molar-refractivity contribution in [3.63, 3.8) is 0 Å². The molecule has 4 nitrogen and oxygen atoms in total. The van der Waals surface area contributed by atoms with E-state index in [1.165, 1.54) is 5.39 Å². The molecule has 0 amide bonds. The average Bonchev–Trinajstić information content (AvgIpc) is 2.89. The Morgan fingerprint density at radius 3 is 2.95 bits per heavy atom. The van der Waals surface area contributed by atoms with E-state index in [4.69, 9.17) is 5.73 Å². The fourth-order valence-electron chi connectivity index (χ4n) is 2.21. The third-order valence-corrected chi connectivity index (χ3v) is 3.18. The van der Waals surface area contributed by atoms with E-state index in [1.807, 2.05) is 30.6 Å². The molecule has 0 aliphatic carbocycles. The predicted molar refractivity (Wildman–Crippen MR) is 76.7 cm³/mol. The number of benzene rings is 1. The summed E-state index contributed by atoms with van der Waals surface area (Å²) in [6, 6.07) is 10.2. The number of para-hydroxylation sites is 1. The summed E-state index contributed by atoms with van der Waals surface area (Å²) in [6.07, 6.45) is 5.56. The summed E-state index contributed by atoms with van der Waals surface area (Å²) in [6.45, 7) is 0.667. The molecule has 0 saturated heterocycles. The van der Waals surface area contributed by atoms with Gasteiger partial charge in [0.25, 0.3) is 0 Å². The molecule has 0 radical (unpaired) electrons. The second-order valence-electron chi connectivity index (χ2n) is 4.50. The van der Waals surface area contributed by atoms with E-state index >= 15 is 0 Å². The average molecular weight is 252 g/mol. The van der Waals surface area contributed by atoms with Gasteiger partial charge in [-0.25, -0.2) is 9.97 Å². The molecule has 3 N–H and O–H groups in total. The van der Waals surface area contributed by atoms with E-state index in [0.717, 1.165) is 35.4 Å². The standard InChI is InChI=1S/C15H16N4/c16-8-3-6-15-17-9-7-14(19-15)12-10-18-13-5-2-1-4-11(12)13/h1-2,4-5,7,9-10,18H,3,6,8,16H2. The number of rotatable bonds is 4. The number of aromatic amines is 1. The Balaban J connectivity index is 2.01. The molecule has 0 bridgehead atoms. The van der Waals surface area contributed by atoms with Crippen molar-refractivity contribution >= 4 is 10.9 Å². The van der Waals surface area contributed by atoms with E-state index in [1.54, 1.807) is 0 Å². The Kier molecular flexibility index (Phi) is 3.25. The van der Waals surface area contributed by atoms with Gasteiger partial charge in [0.15, 0.2) is 0 Å². The molecule has 3 aromatic rings. The number of nitrogens with zero attached hydrogens (tertiary/aromatic N) is 2. The van der Waals surface area contributed by atoms with Gasteiger partial charge in [0.2, 0.25) is 0 Å². The van der Waals surface area contributed by atoms with Gasteiger partial charge in [-0.05, 0) is 25.1 Å². The normalized spacial score (nSPS) is 11.0. The second-order valence-corrected chi connectivity index (χ2v) is 4.50. The van der Waals surface area contributed by atoms with Crippen LogP contribution in [0.4, 0.5) is 0 Å². The van der Waals surface area contributed by atoms with Crippen LogP contribution in [0, 0.1) is 0 Å². The molecule has 0 unspecified atom stereocenters. The van der Waals surface area contributed by atoms with Crippen molar-refractivity contribution in [1.82, 2.24) is 15.0 Å². The fraction of sp³-hybridized carbons (Fsp3) is 0.200. The molecule has 0 aliphatic rings. The quantitative estimate of drug-likeness (QED) is 0.749. The van der Waals surface area contributed by atoms with Crippen molar-refractivity contribution in [2.45, 2.75) is 12.8 Å². The molecule has 0 atom stereocenters. The Hall–Kier alpha value is -2.20. The first kappa shape index (κ1) is 11.9. The van der Waals surface area contributed by atoms with Crippen LogP contribution < -0.4 is 5.73 Å². The summed E-state index contributed by atoms with van der Waals surface area (Å²) >= 11 is 0. The Morgan fingerprint density at radius 1 is 1.16 bits per heavy atom. The van der Waals surface area contributed by atoms with Crippen LogP contribution in [-0.2, 0) is 6.42 Å². The lowest BCUT2D eigenvalue weighted by molar-refractivity contribution is 0.782. The lowest BCUT2D eigenvalue weighted by Crippen LogP contribution is -2.03. The number of aromatic nitrogens is 3. The largest absolute Gasteiger partial charge is 0.360 e. The van der Waals surface area contributed by atoms with Crippen molar-refractivity contribution < 1.29 is 0 Å². The minimum absolute atomic E-state index is 0.667. The molecule has 0 aliphatic heterocycles. The van der Waals surface area contributed by atoms with Crippen LogP contribution >= 0.6 is 0 Å². The zero-order valence-corrected chi connectivity index (χ0v) is 10.6. The Morgan fingerprint density at radius 2 is 2.05 bits per heavy atom. The SMILES string of the molecule is NCCCc1nccc(-c2c[nH]c3ccccc23)n1. The van der Waals surface area contributed by atoms with E-state index < -0.39 is 0 Å². The second kappa shape index (κ2) is 5.20. The maximum atomic E-state index is 5.52. The first-order valence-electron chi connectivity index (χ1n) is 6.47. The van der Waals surface area contributed by atoms with Gasteiger partial charge < -0.3 is 10.7 Å². The van der Waals surface area contributed by atoms with Crippen molar-refractivity contribution in [3.8, 4) is 11.3 Å². The highest BCUT2D eigenvalue weighted by molar-refractivity contribution is 5.94. The van der Waals surface area contributed by atoms with Crippen LogP contribution in [0.15, 0.2) is 42.7 Å². The van der Waals surface area contributed by atoms with E-state index in [2.05, 4.69) is 27.1 Å². The Labute approximate surface area is 111 Å². The number of nitrogens with one attached hydrogen (secondary N) is 1. The summed E-state index contributed by atoms with van der Waals surface area (Å²) in [4.78, 5) is 12.2. The summed E-state index contributed by atoms with van der Waals surface area (Å²) in [5, 5.41) is 1.19. The fourth-order valence-corrected chi connectivity index (χ4v) is 2.21. The highest BCUT2D eigenvalue weighted by Crippen LogP contribution is 2.26. The van der Waals surface area contributed by atoms with Gasteiger partial charge in [0.1, 0.15) is 5.82 Å². The first-order chi connectivity index (χ1) is 9.38. The van der Waals surface area contributed by atoms with Gasteiger partial charge in [-0.1, -0.05) is 18.2 Å². The maximum absolute atomic E-state index is 5.52. The van der Waals surface area contributed by atoms with Crippen LogP contribution in [0.1, 0.15) is 12.2 Å². The molecule has 2 aromatic heterocycles. The van der Waals surface area contributed by atoms with Crippen LogP contribution in [0.2, 0.25) is 0 Å². The summed E-state index contributed by atoms with van der Waals surface area (Å²) in [5.41, 5.74) is 8.72. The van der Waals surface area contributed by atoms with Gasteiger partial charge in [0.05, 0.1) is 5.69 Å². The molecule has 0 fully saturated rings. The molecule has 96 valence electrons. The highest BCUT2D eigenvalue weighted by atomic mass is 14.9. The number of fused-ring (bicyclic) bond motifs is 1. The van der Waals surface area contributed by atoms with Gasteiger partial charge in [-0.3, -0.25) is 0 Å². The number of nitrogens with two attached hydrogens (primary N) is 1. The lowest BCUT2D eigenvalue weighted by Gasteiger charge is -2.02. The van der Waals surface area contributed by atoms with Crippen molar-refractivity contribution in [2.75, 3.05) is 6.54 Å². The molecule has 1 aromatic carbocycles. The van der Waals surface area contributed by atoms with Crippen molar-refractivity contribution in [1.29, 1.82) is 0 Å². The summed E-state index contributed by atoms with van der Waals surface area (Å²) < 4.78 is 0. The van der Waals surface area contributed by atoms with Crippen LogP contribution in [0.5, 0.6) is 0 Å². The van der Waals surface area contributed by atoms with E-state index in [-0.39, 0.29) is 0 Å². The molecule has 0 saturated carbocycles. The van der Waals surface area contributed by atoms with Crippen LogP contribution in [-0.4, -0.2) is 21.5 Å². The number of aryl methyl sites for hydroxylation is 1. The lowest BCUT2D eigenvalue weighted by atomic mass is 10.1. The molecule has 19 heavy (non-hydrogen) atoms. The van der Waals surface area contributed by atoms with E-state index in [0.29, 0.717) is 6.54 Å². The zero-order chi connectivity index (χ0) is 13.1. The topological polar surface area (TPSA) is 67.6 Å². The summed E-state index contributed by atoms with van der Waals surface area (Å²) in [7, 11) is 0. The van der Waals surface area contributed by atoms with Crippen LogP contribution in [0.25, 0.3) is 22.2 Å². The van der Waals surface area contributed by atoms with Gasteiger partial charge in [-0.15, -0.1) is 0 Å². The molecular weight excluding hydrogens is 236 g/mol. The van der Waals surface area contributed by atoms with Crippen LogP contribution in [0.3, 0.4) is 0 Å². The minimum Gasteiger partial charge on any atom is -0.360 e. The monoisotopic (exact) mass is 252 g/mol. The van der Waals surface area contributed by atoms with Crippen molar-refractivity contribution in [2.24, 2.45) is 5.73 Å². The van der Waals surface area contributed by atoms with E-state index in [9.17, 15) is 0 Å². The van der Waals surface area contributed by atoms with Crippen molar-refractivity contribution in [3.05, 3.63) is 48.5 Å². The van der Waals surface area contributed by atoms with Gasteiger partial charge in [-0.2, -0.15) is 0 Å². The third kappa shape index (κ3) is 2.35. The molecule has 2 heterocycles. The highest BCUT2D eigenvalue weighted by Gasteiger charge is 2.07. The maximum Gasteiger partial charge on any atom is 0.128 e.